The van der Waals surface area contributed by atoms with Gasteiger partial charge >= 0.3 is 5.97 Å². The predicted molar refractivity (Wildman–Crippen MR) is 112 cm³/mol. The zero-order valence-corrected chi connectivity index (χ0v) is 16.3. The normalized spacial score (nSPS) is 10.9. The van der Waals surface area contributed by atoms with Gasteiger partial charge in [-0.1, -0.05) is 18.2 Å². The molecule has 7 heteroatoms. The molecule has 0 atom stereocenters. The first-order valence-corrected chi connectivity index (χ1v) is 10.4. The lowest BCUT2D eigenvalue weighted by molar-refractivity contribution is -0.120. The van der Waals surface area contributed by atoms with Crippen molar-refractivity contribution < 1.29 is 14.7 Å². The van der Waals surface area contributed by atoms with Crippen LogP contribution in [-0.4, -0.2) is 22.0 Å². The molecule has 1 amide bonds. The standard InChI is InChI=1S/C21H16N2O3S2/c24-19(22-11-13-2-1-3-15(8-13)21(25)26)10-20-23-17-5-4-14(9-18(17)28-20)16-6-7-27-12-16/h1-9,12H,10-11H2,(H,22,24)(H,25,26). The summed E-state index contributed by atoms with van der Waals surface area (Å²) in [7, 11) is 0. The van der Waals surface area contributed by atoms with Crippen molar-refractivity contribution in [2.75, 3.05) is 0 Å². The minimum absolute atomic E-state index is 0.141. The minimum atomic E-state index is -0.982. The van der Waals surface area contributed by atoms with Crippen LogP contribution in [0.1, 0.15) is 20.9 Å². The number of hydrogen-bond acceptors (Lipinski definition) is 5. The summed E-state index contributed by atoms with van der Waals surface area (Å²) in [6.07, 6.45) is 0.200. The third kappa shape index (κ3) is 4.11. The van der Waals surface area contributed by atoms with E-state index in [0.29, 0.717) is 0 Å². The number of aromatic carboxylic acids is 1. The molecule has 0 saturated heterocycles. The number of carbonyl (C=O) groups is 2. The second-order valence-electron chi connectivity index (χ2n) is 6.26. The average molecular weight is 409 g/mol. The lowest BCUT2D eigenvalue weighted by Gasteiger charge is -2.05. The van der Waals surface area contributed by atoms with Gasteiger partial charge in [0, 0.05) is 6.54 Å². The Bertz CT molecular complexity index is 1150. The van der Waals surface area contributed by atoms with Crippen LogP contribution in [0, 0.1) is 0 Å². The number of thiazole rings is 1. The molecule has 0 bridgehead atoms. The second kappa shape index (κ2) is 7.92. The topological polar surface area (TPSA) is 79.3 Å². The van der Waals surface area contributed by atoms with Crippen molar-refractivity contribution in [1.82, 2.24) is 10.3 Å². The molecule has 2 aromatic carbocycles. The largest absolute Gasteiger partial charge is 0.478 e. The first-order valence-electron chi connectivity index (χ1n) is 8.59. The van der Waals surface area contributed by atoms with Crippen molar-refractivity contribution >= 4 is 44.8 Å². The Morgan fingerprint density at radius 1 is 1.07 bits per heavy atom. The van der Waals surface area contributed by atoms with E-state index in [0.717, 1.165) is 26.4 Å². The van der Waals surface area contributed by atoms with Crippen molar-refractivity contribution in [2.24, 2.45) is 0 Å². The second-order valence-corrected chi connectivity index (χ2v) is 8.16. The van der Waals surface area contributed by atoms with Gasteiger partial charge in [0.25, 0.3) is 0 Å². The lowest BCUT2D eigenvalue weighted by Crippen LogP contribution is -2.24. The van der Waals surface area contributed by atoms with Crippen molar-refractivity contribution in [2.45, 2.75) is 13.0 Å². The fraction of sp³-hybridized carbons (Fsp3) is 0.0952. The van der Waals surface area contributed by atoms with Crippen molar-refractivity contribution in [3.63, 3.8) is 0 Å². The highest BCUT2D eigenvalue weighted by molar-refractivity contribution is 7.18. The number of nitrogens with zero attached hydrogens (tertiary/aromatic N) is 1. The van der Waals surface area contributed by atoms with E-state index in [4.69, 9.17) is 5.11 Å². The summed E-state index contributed by atoms with van der Waals surface area (Å²) >= 11 is 3.18. The molecule has 4 aromatic rings. The van der Waals surface area contributed by atoms with Crippen LogP contribution in [0.5, 0.6) is 0 Å². The molecule has 0 saturated carbocycles. The van der Waals surface area contributed by atoms with Crippen molar-refractivity contribution in [1.29, 1.82) is 0 Å². The summed E-state index contributed by atoms with van der Waals surface area (Å²) in [4.78, 5) is 27.8. The van der Waals surface area contributed by atoms with E-state index in [1.54, 1.807) is 29.5 Å². The van der Waals surface area contributed by atoms with Gasteiger partial charge < -0.3 is 10.4 Å². The Balaban J connectivity index is 1.42. The molecule has 0 unspecified atom stereocenters. The summed E-state index contributed by atoms with van der Waals surface area (Å²) < 4.78 is 1.06. The van der Waals surface area contributed by atoms with Crippen LogP contribution >= 0.6 is 22.7 Å². The molecule has 4 rings (SSSR count). The van der Waals surface area contributed by atoms with Crippen LogP contribution in [0.3, 0.4) is 0 Å². The molecule has 0 spiro atoms. The van der Waals surface area contributed by atoms with Gasteiger partial charge in [0.2, 0.25) is 5.91 Å². The van der Waals surface area contributed by atoms with E-state index in [1.165, 1.54) is 23.0 Å². The maximum Gasteiger partial charge on any atom is 0.335 e. The van der Waals surface area contributed by atoms with Gasteiger partial charge in [0.15, 0.2) is 0 Å². The predicted octanol–water partition coefficient (Wildman–Crippen LogP) is 4.58. The van der Waals surface area contributed by atoms with Crippen molar-refractivity contribution in [3.8, 4) is 11.1 Å². The number of hydrogen-bond donors (Lipinski definition) is 2. The quantitative estimate of drug-likeness (QED) is 0.489. The SMILES string of the molecule is O=C(Cc1nc2ccc(-c3ccsc3)cc2s1)NCc1cccc(C(=O)O)c1. The van der Waals surface area contributed by atoms with Gasteiger partial charge in [0.1, 0.15) is 5.01 Å². The van der Waals surface area contributed by atoms with Crippen LogP contribution < -0.4 is 5.32 Å². The van der Waals surface area contributed by atoms with Crippen LogP contribution in [-0.2, 0) is 17.8 Å². The molecular weight excluding hydrogens is 392 g/mol. The zero-order valence-electron chi connectivity index (χ0n) is 14.7. The number of carboxylic acid groups (broad SMARTS) is 1. The monoisotopic (exact) mass is 408 g/mol. The van der Waals surface area contributed by atoms with E-state index >= 15 is 0 Å². The Hall–Kier alpha value is -3.03. The Morgan fingerprint density at radius 3 is 2.75 bits per heavy atom. The van der Waals surface area contributed by atoms with Gasteiger partial charge in [-0.15, -0.1) is 11.3 Å². The Kier molecular flexibility index (Phi) is 5.18. The molecule has 0 aliphatic carbocycles. The number of aromatic nitrogens is 1. The highest BCUT2D eigenvalue weighted by Crippen LogP contribution is 2.29. The lowest BCUT2D eigenvalue weighted by atomic mass is 10.1. The molecule has 0 aliphatic rings. The van der Waals surface area contributed by atoms with Gasteiger partial charge in [-0.2, -0.15) is 11.3 Å². The molecule has 0 radical (unpaired) electrons. The number of nitrogens with one attached hydrogen (secondary N) is 1. The summed E-state index contributed by atoms with van der Waals surface area (Å²) in [5.41, 5.74) is 4.17. The summed E-state index contributed by atoms with van der Waals surface area (Å²) in [6, 6.07) is 14.8. The van der Waals surface area contributed by atoms with Crippen LogP contribution in [0.4, 0.5) is 0 Å². The fourth-order valence-electron chi connectivity index (χ4n) is 2.87. The van der Waals surface area contributed by atoms with Gasteiger partial charge in [0.05, 0.1) is 22.2 Å². The molecule has 28 heavy (non-hydrogen) atoms. The van der Waals surface area contributed by atoms with E-state index in [2.05, 4.69) is 27.8 Å². The van der Waals surface area contributed by atoms with E-state index in [1.807, 2.05) is 17.5 Å². The molecule has 2 aromatic heterocycles. The molecule has 2 N–H and O–H groups in total. The number of benzene rings is 2. The highest BCUT2D eigenvalue weighted by atomic mass is 32.1. The molecule has 140 valence electrons. The molecular formula is C21H16N2O3S2. The maximum absolute atomic E-state index is 12.3. The van der Waals surface area contributed by atoms with Gasteiger partial charge in [-0.05, 0) is 57.8 Å². The summed E-state index contributed by atoms with van der Waals surface area (Å²) in [5, 5.41) is 16.8. The van der Waals surface area contributed by atoms with Crippen LogP contribution in [0.15, 0.2) is 59.3 Å². The van der Waals surface area contributed by atoms with E-state index < -0.39 is 5.97 Å². The molecule has 0 fully saturated rings. The number of thiophene rings is 1. The van der Waals surface area contributed by atoms with Gasteiger partial charge in [-0.3, -0.25) is 4.79 Å². The maximum atomic E-state index is 12.3. The van der Waals surface area contributed by atoms with Crippen molar-refractivity contribution in [3.05, 3.63) is 75.4 Å². The smallest absolute Gasteiger partial charge is 0.335 e. The highest BCUT2D eigenvalue weighted by Gasteiger charge is 2.11. The number of carboxylic acids is 1. The first kappa shape index (κ1) is 18.3. The Morgan fingerprint density at radius 2 is 1.96 bits per heavy atom. The molecule has 2 heterocycles. The molecule has 5 nitrogen and oxygen atoms in total. The first-order chi connectivity index (χ1) is 13.6. The molecule has 0 aliphatic heterocycles. The summed E-state index contributed by atoms with van der Waals surface area (Å²) in [6.45, 7) is 0.285. The number of rotatable bonds is 6. The number of carbonyl (C=O) groups excluding carboxylic acids is 1. The van der Waals surface area contributed by atoms with Crippen LogP contribution in [0.25, 0.3) is 21.3 Å². The summed E-state index contributed by atoms with van der Waals surface area (Å²) in [5.74, 6) is -1.12. The van der Waals surface area contributed by atoms with Crippen LogP contribution in [0.2, 0.25) is 0 Å². The fourth-order valence-corrected chi connectivity index (χ4v) is 4.54. The van der Waals surface area contributed by atoms with E-state index in [9.17, 15) is 9.59 Å². The third-order valence-electron chi connectivity index (χ3n) is 4.26. The Labute approximate surface area is 169 Å². The number of fused-ring (bicyclic) bond motifs is 1. The number of amides is 1. The zero-order chi connectivity index (χ0) is 19.5. The average Bonchev–Trinajstić information content (AvgIpc) is 3.35. The van der Waals surface area contributed by atoms with Gasteiger partial charge in [-0.25, -0.2) is 9.78 Å². The minimum Gasteiger partial charge on any atom is -0.478 e. The third-order valence-corrected chi connectivity index (χ3v) is 5.96. The van der Waals surface area contributed by atoms with E-state index in [-0.39, 0.29) is 24.4 Å².